The molecular formula is C27H23N3O4. The zero-order valence-electron chi connectivity index (χ0n) is 18.3. The van der Waals surface area contributed by atoms with E-state index in [2.05, 4.69) is 15.3 Å². The highest BCUT2D eigenvalue weighted by atomic mass is 16.5. The molecule has 4 aromatic rings. The number of benzene rings is 2. The smallest absolute Gasteiger partial charge is 0.335 e. The van der Waals surface area contributed by atoms with E-state index in [9.17, 15) is 9.59 Å². The molecule has 0 saturated carbocycles. The molecule has 4 rings (SSSR count). The number of amides is 1. The summed E-state index contributed by atoms with van der Waals surface area (Å²) in [7, 11) is 0. The normalized spacial score (nSPS) is 10.5. The van der Waals surface area contributed by atoms with Crippen LogP contribution in [0.15, 0.2) is 91.5 Å². The van der Waals surface area contributed by atoms with Crippen LogP contribution >= 0.6 is 0 Å². The second-order valence-corrected chi connectivity index (χ2v) is 7.69. The first-order chi connectivity index (χ1) is 16.6. The molecule has 7 nitrogen and oxygen atoms in total. The SMILES string of the molecule is O=C(O)c1ccc(COc2ccc(C(=O)NCc3cccnc3)c(Cc3cccnc3)c2)cc1. The number of carboxylic acids is 1. The molecule has 170 valence electrons. The predicted octanol–water partition coefficient (Wildman–Crippen LogP) is 4.27. The highest BCUT2D eigenvalue weighted by Crippen LogP contribution is 2.22. The van der Waals surface area contributed by atoms with Crippen LogP contribution in [-0.2, 0) is 19.6 Å². The number of aromatic nitrogens is 2. The van der Waals surface area contributed by atoms with E-state index >= 15 is 0 Å². The molecule has 34 heavy (non-hydrogen) atoms. The Morgan fingerprint density at radius 3 is 2.21 bits per heavy atom. The average Bonchev–Trinajstić information content (AvgIpc) is 2.87. The van der Waals surface area contributed by atoms with Crippen molar-refractivity contribution in [2.75, 3.05) is 0 Å². The fraction of sp³-hybridized carbons (Fsp3) is 0.111. The minimum absolute atomic E-state index is 0.182. The van der Waals surface area contributed by atoms with Crippen LogP contribution < -0.4 is 10.1 Å². The minimum Gasteiger partial charge on any atom is -0.489 e. The number of nitrogens with zero attached hydrogens (tertiary/aromatic N) is 2. The molecule has 2 aromatic carbocycles. The van der Waals surface area contributed by atoms with Crippen LogP contribution in [-0.4, -0.2) is 27.0 Å². The Bertz CT molecular complexity index is 1260. The van der Waals surface area contributed by atoms with E-state index in [1.54, 1.807) is 61.2 Å². The van der Waals surface area contributed by atoms with Gasteiger partial charge in [-0.1, -0.05) is 24.3 Å². The highest BCUT2D eigenvalue weighted by Gasteiger charge is 2.14. The van der Waals surface area contributed by atoms with Gasteiger partial charge in [-0.15, -0.1) is 0 Å². The molecule has 0 atom stereocenters. The van der Waals surface area contributed by atoms with E-state index in [1.807, 2.05) is 30.3 Å². The molecule has 2 aromatic heterocycles. The highest BCUT2D eigenvalue weighted by molar-refractivity contribution is 5.96. The van der Waals surface area contributed by atoms with Gasteiger partial charge in [0, 0.05) is 36.9 Å². The van der Waals surface area contributed by atoms with Crippen molar-refractivity contribution in [2.24, 2.45) is 0 Å². The number of hydrogen-bond donors (Lipinski definition) is 2. The van der Waals surface area contributed by atoms with Gasteiger partial charge in [-0.3, -0.25) is 14.8 Å². The lowest BCUT2D eigenvalue weighted by molar-refractivity contribution is 0.0696. The molecule has 0 aliphatic heterocycles. The molecule has 0 spiro atoms. The third kappa shape index (κ3) is 6.04. The molecule has 2 N–H and O–H groups in total. The molecule has 0 aliphatic rings. The maximum atomic E-state index is 13.0. The number of carboxylic acid groups (broad SMARTS) is 1. The summed E-state index contributed by atoms with van der Waals surface area (Å²) in [5.41, 5.74) is 4.34. The maximum Gasteiger partial charge on any atom is 0.335 e. The Kier molecular flexibility index (Phi) is 7.25. The maximum absolute atomic E-state index is 13.0. The number of aromatic carboxylic acids is 1. The molecule has 0 saturated heterocycles. The van der Waals surface area contributed by atoms with Gasteiger partial charge in [-0.2, -0.15) is 0 Å². The minimum atomic E-state index is -0.968. The van der Waals surface area contributed by atoms with Crippen molar-refractivity contribution >= 4 is 11.9 Å². The molecule has 1 amide bonds. The monoisotopic (exact) mass is 453 g/mol. The van der Waals surface area contributed by atoms with Crippen LogP contribution in [0.1, 0.15) is 43.0 Å². The predicted molar refractivity (Wildman–Crippen MR) is 127 cm³/mol. The number of pyridine rings is 2. The van der Waals surface area contributed by atoms with Crippen LogP contribution in [0.2, 0.25) is 0 Å². The fourth-order valence-corrected chi connectivity index (χ4v) is 3.44. The number of carbonyl (C=O) groups excluding carboxylic acids is 1. The van der Waals surface area contributed by atoms with Gasteiger partial charge < -0.3 is 15.2 Å². The summed E-state index contributed by atoms with van der Waals surface area (Å²) in [5, 5.41) is 12.0. The standard InChI is InChI=1S/C27H23N3O4/c31-26(30-17-21-4-2-12-29-16-21)25-10-9-24(14-23(25)13-20-3-1-11-28-15-20)34-18-19-5-7-22(8-6-19)27(32)33/h1-12,14-16H,13,17-18H2,(H,30,31)(H,32,33). The van der Waals surface area contributed by atoms with Crippen molar-refractivity contribution in [2.45, 2.75) is 19.6 Å². The first-order valence-electron chi connectivity index (χ1n) is 10.7. The summed E-state index contributed by atoms with van der Waals surface area (Å²) in [4.78, 5) is 32.2. The lowest BCUT2D eigenvalue weighted by atomic mass is 9.99. The van der Waals surface area contributed by atoms with Crippen LogP contribution in [0.5, 0.6) is 5.75 Å². The van der Waals surface area contributed by atoms with E-state index in [0.717, 1.165) is 22.3 Å². The van der Waals surface area contributed by atoms with Crippen LogP contribution in [0.25, 0.3) is 0 Å². The zero-order valence-corrected chi connectivity index (χ0v) is 18.3. The van der Waals surface area contributed by atoms with Crippen molar-refractivity contribution in [3.63, 3.8) is 0 Å². The zero-order chi connectivity index (χ0) is 23.8. The molecular weight excluding hydrogens is 430 g/mol. The van der Waals surface area contributed by atoms with Crippen molar-refractivity contribution < 1.29 is 19.4 Å². The van der Waals surface area contributed by atoms with E-state index in [-0.39, 0.29) is 18.1 Å². The summed E-state index contributed by atoms with van der Waals surface area (Å²) in [6, 6.07) is 19.5. The van der Waals surface area contributed by atoms with Crippen LogP contribution in [0.3, 0.4) is 0 Å². The largest absolute Gasteiger partial charge is 0.489 e. The van der Waals surface area contributed by atoms with Gasteiger partial charge in [0.2, 0.25) is 0 Å². The van der Waals surface area contributed by atoms with Gasteiger partial charge in [0.05, 0.1) is 5.56 Å². The summed E-state index contributed by atoms with van der Waals surface area (Å²) in [6.07, 6.45) is 7.41. The van der Waals surface area contributed by atoms with Crippen LogP contribution in [0, 0.1) is 0 Å². The number of rotatable bonds is 9. The molecule has 0 radical (unpaired) electrons. The van der Waals surface area contributed by atoms with Gasteiger partial charge in [0.1, 0.15) is 12.4 Å². The molecule has 0 aliphatic carbocycles. The van der Waals surface area contributed by atoms with Crippen molar-refractivity contribution in [3.05, 3.63) is 125 Å². The Morgan fingerprint density at radius 2 is 1.56 bits per heavy atom. The number of carbonyl (C=O) groups is 2. The third-order valence-electron chi connectivity index (χ3n) is 5.22. The quantitative estimate of drug-likeness (QED) is 0.392. The van der Waals surface area contributed by atoms with Crippen molar-refractivity contribution in [1.29, 1.82) is 0 Å². The molecule has 0 unspecified atom stereocenters. The molecule has 0 bridgehead atoms. The number of ether oxygens (including phenoxy) is 1. The van der Waals surface area contributed by atoms with Gasteiger partial charge in [-0.05, 0) is 71.1 Å². The van der Waals surface area contributed by atoms with Gasteiger partial charge in [0.15, 0.2) is 0 Å². The van der Waals surface area contributed by atoms with Gasteiger partial charge in [-0.25, -0.2) is 4.79 Å². The molecule has 7 heteroatoms. The van der Waals surface area contributed by atoms with Gasteiger partial charge >= 0.3 is 5.97 Å². The average molecular weight is 453 g/mol. The fourth-order valence-electron chi connectivity index (χ4n) is 3.44. The summed E-state index contributed by atoms with van der Waals surface area (Å²) in [6.45, 7) is 0.655. The van der Waals surface area contributed by atoms with E-state index in [0.29, 0.717) is 24.3 Å². The van der Waals surface area contributed by atoms with Crippen LogP contribution in [0.4, 0.5) is 0 Å². The van der Waals surface area contributed by atoms with E-state index in [1.165, 1.54) is 0 Å². The third-order valence-corrected chi connectivity index (χ3v) is 5.22. The number of nitrogens with one attached hydrogen (secondary N) is 1. The second kappa shape index (κ2) is 10.9. The lowest BCUT2D eigenvalue weighted by Crippen LogP contribution is -2.24. The Labute approximate surface area is 197 Å². The Hall–Kier alpha value is -4.52. The van der Waals surface area contributed by atoms with Gasteiger partial charge in [0.25, 0.3) is 5.91 Å². The topological polar surface area (TPSA) is 101 Å². The van der Waals surface area contributed by atoms with E-state index < -0.39 is 5.97 Å². The first-order valence-corrected chi connectivity index (χ1v) is 10.7. The second-order valence-electron chi connectivity index (χ2n) is 7.69. The van der Waals surface area contributed by atoms with Crippen molar-refractivity contribution in [1.82, 2.24) is 15.3 Å². The van der Waals surface area contributed by atoms with E-state index in [4.69, 9.17) is 9.84 Å². The summed E-state index contributed by atoms with van der Waals surface area (Å²) < 4.78 is 5.93. The van der Waals surface area contributed by atoms with Crippen molar-refractivity contribution in [3.8, 4) is 5.75 Å². The summed E-state index contributed by atoms with van der Waals surface area (Å²) in [5.74, 6) is -0.534. The number of hydrogen-bond acceptors (Lipinski definition) is 5. The lowest BCUT2D eigenvalue weighted by Gasteiger charge is -2.14. The first kappa shape index (κ1) is 22.7. The Balaban J connectivity index is 1.51. The Morgan fingerprint density at radius 1 is 0.853 bits per heavy atom. The summed E-state index contributed by atoms with van der Waals surface area (Å²) >= 11 is 0. The molecule has 2 heterocycles. The molecule has 0 fully saturated rings.